The molecule has 1 aromatic heterocycles. The summed E-state index contributed by atoms with van der Waals surface area (Å²) in [5.74, 6) is 1.52. The largest absolute Gasteiger partial charge is 0.456 e. The second-order valence-corrected chi connectivity index (χ2v) is 12.6. The van der Waals surface area contributed by atoms with E-state index in [1.807, 2.05) is 24.3 Å². The highest BCUT2D eigenvalue weighted by atomic mass is 16.3. The second kappa shape index (κ2) is 11.0. The molecule has 0 bridgehead atoms. The summed E-state index contributed by atoms with van der Waals surface area (Å²) in [6, 6.07) is 57.5. The standard InChI is InChI=1S/C45H29N3O/c1-3-13-28(14-4-1)43-46-44(29-15-5-2-6-16-29)48-45(47-43)42-35-21-11-9-19-33(35)41(34-20-10-12-22-36(34)42)32-23-24-39-37(26-32)38-25-30-17-7-8-18-31(30)27-40(38)49-39/h1-27,43H,(H,46,47,48). The van der Waals surface area contributed by atoms with Gasteiger partial charge in [0.2, 0.25) is 0 Å². The van der Waals surface area contributed by atoms with Crippen molar-refractivity contribution >= 4 is 65.9 Å². The minimum Gasteiger partial charge on any atom is -0.456 e. The smallest absolute Gasteiger partial charge is 0.159 e. The summed E-state index contributed by atoms with van der Waals surface area (Å²) < 4.78 is 6.38. The molecule has 4 nitrogen and oxygen atoms in total. The average molecular weight is 628 g/mol. The lowest BCUT2D eigenvalue weighted by Crippen LogP contribution is -2.34. The van der Waals surface area contributed by atoms with Gasteiger partial charge in [0.25, 0.3) is 0 Å². The van der Waals surface area contributed by atoms with E-state index in [1.54, 1.807) is 0 Å². The van der Waals surface area contributed by atoms with Crippen LogP contribution in [0.25, 0.3) is 65.4 Å². The Morgan fingerprint density at radius 1 is 0.449 bits per heavy atom. The van der Waals surface area contributed by atoms with E-state index >= 15 is 0 Å². The molecule has 9 aromatic rings. The third-order valence-corrected chi connectivity index (χ3v) is 9.68. The lowest BCUT2D eigenvalue weighted by molar-refractivity contribution is 0.669. The molecule has 0 radical (unpaired) electrons. The maximum absolute atomic E-state index is 6.38. The monoisotopic (exact) mass is 627 g/mol. The number of hydrogen-bond donors (Lipinski definition) is 1. The molecule has 8 aromatic carbocycles. The molecule has 10 rings (SSSR count). The fourth-order valence-corrected chi connectivity index (χ4v) is 7.41. The zero-order valence-corrected chi connectivity index (χ0v) is 26.5. The minimum atomic E-state index is -0.283. The number of amidine groups is 2. The third kappa shape index (κ3) is 4.53. The molecule has 1 unspecified atom stereocenters. The first kappa shape index (κ1) is 27.6. The summed E-state index contributed by atoms with van der Waals surface area (Å²) in [4.78, 5) is 10.3. The van der Waals surface area contributed by atoms with Crippen LogP contribution in [0, 0.1) is 0 Å². The molecular weight excluding hydrogens is 599 g/mol. The van der Waals surface area contributed by atoms with Crippen molar-refractivity contribution in [3.63, 3.8) is 0 Å². The number of nitrogens with zero attached hydrogens (tertiary/aromatic N) is 2. The van der Waals surface area contributed by atoms with Crippen molar-refractivity contribution in [1.82, 2.24) is 5.32 Å². The van der Waals surface area contributed by atoms with E-state index in [2.05, 4.69) is 145 Å². The summed E-state index contributed by atoms with van der Waals surface area (Å²) in [6.45, 7) is 0. The first-order valence-electron chi connectivity index (χ1n) is 16.6. The van der Waals surface area contributed by atoms with Gasteiger partial charge in [0.1, 0.15) is 23.2 Å². The van der Waals surface area contributed by atoms with Crippen LogP contribution in [0.4, 0.5) is 0 Å². The number of benzene rings is 8. The predicted molar refractivity (Wildman–Crippen MR) is 204 cm³/mol. The van der Waals surface area contributed by atoms with E-state index < -0.39 is 0 Å². The Bertz CT molecular complexity index is 2740. The Balaban J connectivity index is 1.22. The van der Waals surface area contributed by atoms with Gasteiger partial charge in [0, 0.05) is 21.9 Å². The van der Waals surface area contributed by atoms with Crippen LogP contribution in [-0.2, 0) is 0 Å². The number of rotatable bonds is 4. The fraction of sp³-hybridized carbons (Fsp3) is 0.0222. The highest BCUT2D eigenvalue weighted by molar-refractivity contribution is 6.28. The van der Waals surface area contributed by atoms with E-state index in [0.29, 0.717) is 5.84 Å². The van der Waals surface area contributed by atoms with Gasteiger partial charge in [-0.15, -0.1) is 0 Å². The summed E-state index contributed by atoms with van der Waals surface area (Å²) in [5.41, 5.74) is 7.28. The van der Waals surface area contributed by atoms with Crippen LogP contribution < -0.4 is 5.32 Å². The molecule has 230 valence electrons. The molecule has 49 heavy (non-hydrogen) atoms. The summed E-state index contributed by atoms with van der Waals surface area (Å²) in [6.07, 6.45) is -0.283. The normalized spacial score (nSPS) is 14.7. The number of aliphatic imine (C=N–C) groups is 2. The molecule has 0 amide bonds. The van der Waals surface area contributed by atoms with Crippen LogP contribution in [0.1, 0.15) is 22.9 Å². The lowest BCUT2D eigenvalue weighted by atomic mass is 9.87. The second-order valence-electron chi connectivity index (χ2n) is 12.6. The van der Waals surface area contributed by atoms with Crippen LogP contribution in [0.15, 0.2) is 178 Å². The summed E-state index contributed by atoms with van der Waals surface area (Å²) >= 11 is 0. The third-order valence-electron chi connectivity index (χ3n) is 9.68. The van der Waals surface area contributed by atoms with Gasteiger partial charge in [0.15, 0.2) is 5.84 Å². The Labute approximate surface area is 282 Å². The van der Waals surface area contributed by atoms with E-state index in [9.17, 15) is 0 Å². The van der Waals surface area contributed by atoms with Crippen LogP contribution in [0.2, 0.25) is 0 Å². The fourth-order valence-electron chi connectivity index (χ4n) is 7.41. The predicted octanol–water partition coefficient (Wildman–Crippen LogP) is 11.2. The number of nitrogens with one attached hydrogen (secondary N) is 1. The molecule has 4 heteroatoms. The van der Waals surface area contributed by atoms with Gasteiger partial charge in [-0.05, 0) is 73.3 Å². The van der Waals surface area contributed by atoms with Crippen molar-refractivity contribution in [2.75, 3.05) is 0 Å². The van der Waals surface area contributed by atoms with Crippen molar-refractivity contribution in [1.29, 1.82) is 0 Å². The Morgan fingerprint density at radius 3 is 1.71 bits per heavy atom. The molecule has 0 aliphatic carbocycles. The number of furan rings is 1. The topological polar surface area (TPSA) is 49.9 Å². The SMILES string of the molecule is c1ccc(C2=NC(c3ccccc3)NC(c3c4ccccc4c(-c4ccc5oc6cc7ccccc7cc6c5c4)c4ccccc34)=N2)cc1. The van der Waals surface area contributed by atoms with Gasteiger partial charge in [-0.3, -0.25) is 0 Å². The zero-order valence-electron chi connectivity index (χ0n) is 26.5. The van der Waals surface area contributed by atoms with Crippen molar-refractivity contribution in [2.45, 2.75) is 6.17 Å². The quantitative estimate of drug-likeness (QED) is 0.197. The highest BCUT2D eigenvalue weighted by Crippen LogP contribution is 2.42. The molecule has 1 aliphatic heterocycles. The molecule has 0 saturated heterocycles. The van der Waals surface area contributed by atoms with Gasteiger partial charge in [-0.25, -0.2) is 9.98 Å². The lowest BCUT2D eigenvalue weighted by Gasteiger charge is -2.26. The highest BCUT2D eigenvalue weighted by Gasteiger charge is 2.25. The Kier molecular flexibility index (Phi) is 6.21. The van der Waals surface area contributed by atoms with Gasteiger partial charge < -0.3 is 9.73 Å². The molecule has 0 spiro atoms. The van der Waals surface area contributed by atoms with Crippen molar-refractivity contribution in [3.05, 3.63) is 180 Å². The van der Waals surface area contributed by atoms with Crippen molar-refractivity contribution < 1.29 is 4.42 Å². The van der Waals surface area contributed by atoms with Crippen LogP contribution in [0.3, 0.4) is 0 Å². The molecule has 1 aliphatic rings. The van der Waals surface area contributed by atoms with Crippen LogP contribution in [-0.4, -0.2) is 11.7 Å². The molecule has 0 saturated carbocycles. The van der Waals surface area contributed by atoms with Gasteiger partial charge in [0.05, 0.1) is 0 Å². The summed E-state index contributed by atoms with van der Waals surface area (Å²) in [5, 5.41) is 12.9. The van der Waals surface area contributed by atoms with Gasteiger partial charge >= 0.3 is 0 Å². The summed E-state index contributed by atoms with van der Waals surface area (Å²) in [7, 11) is 0. The molecule has 0 fully saturated rings. The van der Waals surface area contributed by atoms with Crippen molar-refractivity contribution in [2.24, 2.45) is 9.98 Å². The van der Waals surface area contributed by atoms with E-state index in [1.165, 1.54) is 27.1 Å². The zero-order chi connectivity index (χ0) is 32.3. The van der Waals surface area contributed by atoms with Gasteiger partial charge in [-0.2, -0.15) is 0 Å². The van der Waals surface area contributed by atoms with Crippen LogP contribution in [0.5, 0.6) is 0 Å². The van der Waals surface area contributed by atoms with Crippen LogP contribution >= 0.6 is 0 Å². The molecular formula is C45H29N3O. The molecule has 1 N–H and O–H groups in total. The first-order chi connectivity index (χ1) is 24.3. The van der Waals surface area contributed by atoms with Crippen molar-refractivity contribution in [3.8, 4) is 11.1 Å². The Morgan fingerprint density at radius 2 is 1.02 bits per heavy atom. The first-order valence-corrected chi connectivity index (χ1v) is 16.6. The average Bonchev–Trinajstić information content (AvgIpc) is 3.53. The van der Waals surface area contributed by atoms with E-state index in [4.69, 9.17) is 14.4 Å². The molecule has 2 heterocycles. The van der Waals surface area contributed by atoms with Gasteiger partial charge in [-0.1, -0.05) is 140 Å². The number of hydrogen-bond acceptors (Lipinski definition) is 4. The minimum absolute atomic E-state index is 0.283. The van der Waals surface area contributed by atoms with E-state index in [-0.39, 0.29) is 6.17 Å². The maximum atomic E-state index is 6.38. The number of fused-ring (bicyclic) bond motifs is 6. The molecule has 1 atom stereocenters. The van der Waals surface area contributed by atoms with E-state index in [0.717, 1.165) is 60.8 Å². The maximum Gasteiger partial charge on any atom is 0.159 e. The Hall–Kier alpha value is -6.52.